The second-order valence-corrected chi connectivity index (χ2v) is 6.29. The number of nitrogens with zero attached hydrogens (tertiary/aromatic N) is 1. The number of carbonyl (C=O) groups is 1. The van der Waals surface area contributed by atoms with Crippen LogP contribution in [0.4, 0.5) is 0 Å². The summed E-state index contributed by atoms with van der Waals surface area (Å²) in [5, 5.41) is 0. The van der Waals surface area contributed by atoms with Crippen LogP contribution in [0.1, 0.15) is 37.8 Å². The molecular weight excluding hydrogens is 298 g/mol. The molecule has 1 heterocycles. The number of para-hydroxylation sites is 1. The Morgan fingerprint density at radius 1 is 0.958 bits per heavy atom. The SMILES string of the molecule is CCN(CC)CCCC1(c2ccccc2)C(=O)Oc2ccccc21. The van der Waals surface area contributed by atoms with E-state index < -0.39 is 5.41 Å². The van der Waals surface area contributed by atoms with Gasteiger partial charge < -0.3 is 9.64 Å². The normalized spacial score (nSPS) is 19.4. The van der Waals surface area contributed by atoms with Gasteiger partial charge in [-0.1, -0.05) is 62.4 Å². The van der Waals surface area contributed by atoms with Crippen molar-refractivity contribution in [1.82, 2.24) is 4.90 Å². The zero-order valence-electron chi connectivity index (χ0n) is 14.5. The molecule has 3 nitrogen and oxygen atoms in total. The van der Waals surface area contributed by atoms with E-state index in [0.29, 0.717) is 5.75 Å². The third kappa shape index (κ3) is 2.84. The maximum absolute atomic E-state index is 12.9. The molecule has 0 fully saturated rings. The molecule has 0 aromatic heterocycles. The van der Waals surface area contributed by atoms with Crippen LogP contribution < -0.4 is 4.74 Å². The standard InChI is InChI=1S/C21H25NO2/c1-3-22(4-2)16-10-15-21(17-11-6-5-7-12-17)18-13-8-9-14-19(18)24-20(21)23/h5-9,11-14H,3-4,10,15-16H2,1-2H3. The third-order valence-electron chi connectivity index (χ3n) is 5.09. The van der Waals surface area contributed by atoms with Crippen molar-refractivity contribution in [3.63, 3.8) is 0 Å². The summed E-state index contributed by atoms with van der Waals surface area (Å²) >= 11 is 0. The van der Waals surface area contributed by atoms with Gasteiger partial charge in [-0.15, -0.1) is 0 Å². The summed E-state index contributed by atoms with van der Waals surface area (Å²) in [6.07, 6.45) is 1.73. The third-order valence-corrected chi connectivity index (χ3v) is 5.09. The van der Waals surface area contributed by atoms with E-state index >= 15 is 0 Å². The first-order chi connectivity index (χ1) is 11.7. The molecule has 0 saturated heterocycles. The lowest BCUT2D eigenvalue weighted by atomic mass is 9.72. The number of esters is 1. The highest BCUT2D eigenvalue weighted by Crippen LogP contribution is 2.47. The van der Waals surface area contributed by atoms with Crippen molar-refractivity contribution in [2.75, 3.05) is 19.6 Å². The first-order valence-corrected chi connectivity index (χ1v) is 8.82. The highest BCUT2D eigenvalue weighted by molar-refractivity contribution is 5.94. The highest BCUT2D eigenvalue weighted by atomic mass is 16.5. The molecule has 0 bridgehead atoms. The van der Waals surface area contributed by atoms with Crippen LogP contribution in [-0.2, 0) is 10.2 Å². The van der Waals surface area contributed by atoms with Crippen molar-refractivity contribution >= 4 is 5.97 Å². The number of fused-ring (bicyclic) bond motifs is 1. The molecule has 24 heavy (non-hydrogen) atoms. The zero-order valence-corrected chi connectivity index (χ0v) is 14.5. The van der Waals surface area contributed by atoms with Gasteiger partial charge >= 0.3 is 5.97 Å². The Morgan fingerprint density at radius 2 is 1.62 bits per heavy atom. The van der Waals surface area contributed by atoms with E-state index in [1.807, 2.05) is 54.6 Å². The van der Waals surface area contributed by atoms with Gasteiger partial charge in [-0.05, 0) is 44.1 Å². The quantitative estimate of drug-likeness (QED) is 0.569. The van der Waals surface area contributed by atoms with Crippen LogP contribution in [0.2, 0.25) is 0 Å². The van der Waals surface area contributed by atoms with Crippen LogP contribution in [-0.4, -0.2) is 30.5 Å². The smallest absolute Gasteiger partial charge is 0.326 e. The summed E-state index contributed by atoms with van der Waals surface area (Å²) in [6, 6.07) is 17.9. The van der Waals surface area contributed by atoms with E-state index in [2.05, 4.69) is 18.7 Å². The van der Waals surface area contributed by atoms with Gasteiger partial charge in [0.15, 0.2) is 0 Å². The lowest BCUT2D eigenvalue weighted by Gasteiger charge is -2.28. The summed E-state index contributed by atoms with van der Waals surface area (Å²) in [6.45, 7) is 7.42. The summed E-state index contributed by atoms with van der Waals surface area (Å²) in [4.78, 5) is 15.3. The van der Waals surface area contributed by atoms with Crippen LogP contribution in [0.15, 0.2) is 54.6 Å². The average molecular weight is 323 g/mol. The van der Waals surface area contributed by atoms with E-state index in [4.69, 9.17) is 4.74 Å². The summed E-state index contributed by atoms with van der Waals surface area (Å²) in [5.74, 6) is 0.559. The molecule has 0 amide bonds. The Balaban J connectivity index is 1.96. The van der Waals surface area contributed by atoms with Gasteiger partial charge in [-0.3, -0.25) is 4.79 Å². The zero-order chi connectivity index (χ0) is 17.0. The summed E-state index contributed by atoms with van der Waals surface area (Å²) in [7, 11) is 0. The van der Waals surface area contributed by atoms with Crippen molar-refractivity contribution in [2.45, 2.75) is 32.1 Å². The molecule has 0 spiro atoms. The van der Waals surface area contributed by atoms with Gasteiger partial charge in [-0.25, -0.2) is 0 Å². The van der Waals surface area contributed by atoms with E-state index in [1.54, 1.807) is 0 Å². The Morgan fingerprint density at radius 3 is 2.33 bits per heavy atom. The van der Waals surface area contributed by atoms with E-state index in [1.165, 1.54) is 0 Å². The Kier molecular flexibility index (Phi) is 5.00. The molecule has 126 valence electrons. The molecule has 0 radical (unpaired) electrons. The van der Waals surface area contributed by atoms with Crippen LogP contribution in [0, 0.1) is 0 Å². The molecule has 1 unspecified atom stereocenters. The molecule has 2 aromatic carbocycles. The van der Waals surface area contributed by atoms with E-state index in [0.717, 1.165) is 43.6 Å². The largest absolute Gasteiger partial charge is 0.425 e. The van der Waals surface area contributed by atoms with Gasteiger partial charge in [0, 0.05) is 5.56 Å². The van der Waals surface area contributed by atoms with E-state index in [9.17, 15) is 4.79 Å². The topological polar surface area (TPSA) is 29.5 Å². The molecule has 2 aromatic rings. The first-order valence-electron chi connectivity index (χ1n) is 8.82. The fourth-order valence-corrected chi connectivity index (χ4v) is 3.69. The minimum atomic E-state index is -0.676. The average Bonchev–Trinajstić information content (AvgIpc) is 2.92. The van der Waals surface area contributed by atoms with E-state index in [-0.39, 0.29) is 5.97 Å². The van der Waals surface area contributed by atoms with Crippen molar-refractivity contribution < 1.29 is 9.53 Å². The van der Waals surface area contributed by atoms with Crippen LogP contribution >= 0.6 is 0 Å². The maximum Gasteiger partial charge on any atom is 0.326 e. The van der Waals surface area contributed by atoms with Crippen LogP contribution in [0.25, 0.3) is 0 Å². The molecule has 0 saturated carbocycles. The molecule has 1 atom stereocenters. The van der Waals surface area contributed by atoms with Gasteiger partial charge in [0.05, 0.1) is 0 Å². The van der Waals surface area contributed by atoms with Gasteiger partial charge in [0.1, 0.15) is 11.2 Å². The van der Waals surface area contributed by atoms with Crippen molar-refractivity contribution in [1.29, 1.82) is 0 Å². The lowest BCUT2D eigenvalue weighted by Crippen LogP contribution is -2.36. The maximum atomic E-state index is 12.9. The fraction of sp³-hybridized carbons (Fsp3) is 0.381. The van der Waals surface area contributed by atoms with Crippen molar-refractivity contribution in [3.05, 3.63) is 65.7 Å². The summed E-state index contributed by atoms with van der Waals surface area (Å²) in [5.41, 5.74) is 1.35. The number of carbonyl (C=O) groups excluding carboxylic acids is 1. The Bertz CT molecular complexity index is 694. The van der Waals surface area contributed by atoms with Crippen LogP contribution in [0.5, 0.6) is 5.75 Å². The number of hydrogen-bond acceptors (Lipinski definition) is 3. The molecule has 0 N–H and O–H groups in total. The van der Waals surface area contributed by atoms with Crippen molar-refractivity contribution in [3.8, 4) is 5.75 Å². The highest BCUT2D eigenvalue weighted by Gasteiger charge is 2.49. The fourth-order valence-electron chi connectivity index (χ4n) is 3.69. The second-order valence-electron chi connectivity index (χ2n) is 6.29. The van der Waals surface area contributed by atoms with Crippen LogP contribution in [0.3, 0.4) is 0 Å². The molecule has 3 heteroatoms. The number of benzene rings is 2. The van der Waals surface area contributed by atoms with Gasteiger partial charge in [0.2, 0.25) is 0 Å². The molecule has 3 rings (SSSR count). The number of hydrogen-bond donors (Lipinski definition) is 0. The monoisotopic (exact) mass is 323 g/mol. The van der Waals surface area contributed by atoms with Gasteiger partial charge in [-0.2, -0.15) is 0 Å². The second kappa shape index (κ2) is 7.18. The Labute approximate surface area is 144 Å². The summed E-state index contributed by atoms with van der Waals surface area (Å²) < 4.78 is 5.63. The van der Waals surface area contributed by atoms with Gasteiger partial charge in [0.25, 0.3) is 0 Å². The molecular formula is C21H25NO2. The predicted octanol–water partition coefficient (Wildman–Crippen LogP) is 4.01. The minimum absolute atomic E-state index is 0.144. The lowest BCUT2D eigenvalue weighted by molar-refractivity contribution is -0.137. The minimum Gasteiger partial charge on any atom is -0.425 e. The first kappa shape index (κ1) is 16.7. The Hall–Kier alpha value is -2.13. The molecule has 1 aliphatic rings. The predicted molar refractivity (Wildman–Crippen MR) is 96.3 cm³/mol. The molecule has 0 aliphatic carbocycles. The number of ether oxygens (including phenoxy) is 1. The number of rotatable bonds is 7. The van der Waals surface area contributed by atoms with Crippen molar-refractivity contribution in [2.24, 2.45) is 0 Å². The molecule has 1 aliphatic heterocycles.